The van der Waals surface area contributed by atoms with Gasteiger partial charge in [-0.25, -0.2) is 9.37 Å². The van der Waals surface area contributed by atoms with E-state index in [9.17, 15) is 4.39 Å². The summed E-state index contributed by atoms with van der Waals surface area (Å²) in [6, 6.07) is 11.0. The van der Waals surface area contributed by atoms with Gasteiger partial charge in [0, 0.05) is 19.2 Å². The minimum absolute atomic E-state index is 0.294. The van der Waals surface area contributed by atoms with Crippen LogP contribution >= 0.6 is 15.9 Å². The van der Waals surface area contributed by atoms with E-state index < -0.39 is 0 Å². The van der Waals surface area contributed by atoms with Gasteiger partial charge in [-0.2, -0.15) is 0 Å². The minimum atomic E-state index is -0.294. The Morgan fingerprint density at radius 2 is 2.05 bits per heavy atom. The number of nitrogens with zero attached hydrogens (tertiary/aromatic N) is 2. The van der Waals surface area contributed by atoms with Crippen LogP contribution in [0.15, 0.2) is 40.9 Å². The van der Waals surface area contributed by atoms with E-state index in [2.05, 4.69) is 20.9 Å². The van der Waals surface area contributed by atoms with Crippen molar-refractivity contribution in [3.63, 3.8) is 0 Å². The third-order valence-electron chi connectivity index (χ3n) is 3.36. The number of imidazole rings is 1. The molecule has 3 rings (SSSR count). The Hall–Kier alpha value is -1.72. The molecule has 0 amide bonds. The van der Waals surface area contributed by atoms with Crippen LogP contribution in [0, 0.1) is 5.82 Å². The van der Waals surface area contributed by atoms with Gasteiger partial charge in [0.2, 0.25) is 0 Å². The summed E-state index contributed by atoms with van der Waals surface area (Å²) < 4.78 is 16.1. The number of fused-ring (bicyclic) bond motifs is 1. The molecule has 0 saturated carbocycles. The monoisotopic (exact) mass is 333 g/mol. The van der Waals surface area contributed by atoms with Gasteiger partial charge in [0.15, 0.2) is 0 Å². The number of nitrogens with two attached hydrogens (primary N) is 1. The molecule has 0 fully saturated rings. The van der Waals surface area contributed by atoms with Crippen LogP contribution in [0.1, 0.15) is 5.56 Å². The van der Waals surface area contributed by atoms with E-state index in [0.717, 1.165) is 28.0 Å². The first-order chi connectivity index (χ1) is 9.60. The number of aromatic nitrogens is 2. The van der Waals surface area contributed by atoms with Crippen LogP contribution in [-0.2, 0) is 13.6 Å². The van der Waals surface area contributed by atoms with E-state index in [-0.39, 0.29) is 5.82 Å². The lowest BCUT2D eigenvalue weighted by Gasteiger charge is -2.03. The average molecular weight is 334 g/mol. The van der Waals surface area contributed by atoms with Gasteiger partial charge in [0.1, 0.15) is 11.6 Å². The minimum Gasteiger partial charge on any atom is -0.327 e. The highest BCUT2D eigenvalue weighted by molar-refractivity contribution is 9.10. The van der Waals surface area contributed by atoms with E-state index in [0.29, 0.717) is 11.0 Å². The maximum absolute atomic E-state index is 13.7. The lowest BCUT2D eigenvalue weighted by Crippen LogP contribution is -1.96. The number of aryl methyl sites for hydroxylation is 1. The Morgan fingerprint density at radius 3 is 2.75 bits per heavy atom. The van der Waals surface area contributed by atoms with Crippen molar-refractivity contribution in [2.45, 2.75) is 6.54 Å². The summed E-state index contributed by atoms with van der Waals surface area (Å²) in [4.78, 5) is 4.59. The van der Waals surface area contributed by atoms with Crippen LogP contribution in [0.5, 0.6) is 0 Å². The van der Waals surface area contributed by atoms with Crippen molar-refractivity contribution in [2.75, 3.05) is 0 Å². The Labute approximate surface area is 124 Å². The van der Waals surface area contributed by atoms with Crippen molar-refractivity contribution in [2.24, 2.45) is 12.8 Å². The summed E-state index contributed by atoms with van der Waals surface area (Å²) in [6.45, 7) is 0.481. The fourth-order valence-electron chi connectivity index (χ4n) is 2.27. The molecule has 0 aliphatic rings. The Kier molecular flexibility index (Phi) is 3.31. The summed E-state index contributed by atoms with van der Waals surface area (Å²) >= 11 is 3.16. The van der Waals surface area contributed by atoms with Gasteiger partial charge in [-0.05, 0) is 51.8 Å². The van der Waals surface area contributed by atoms with Gasteiger partial charge in [-0.3, -0.25) is 0 Å². The van der Waals surface area contributed by atoms with Crippen LogP contribution in [0.25, 0.3) is 22.4 Å². The van der Waals surface area contributed by atoms with E-state index in [1.165, 1.54) is 6.07 Å². The maximum Gasteiger partial charge on any atom is 0.140 e. The first-order valence-electron chi connectivity index (χ1n) is 6.21. The fourth-order valence-corrected chi connectivity index (χ4v) is 2.51. The SMILES string of the molecule is Cn1c(-c2ccc(Br)c(F)c2)nc2cc(CN)ccc21. The molecule has 20 heavy (non-hydrogen) atoms. The molecule has 0 spiro atoms. The lowest BCUT2D eigenvalue weighted by molar-refractivity contribution is 0.621. The van der Waals surface area contributed by atoms with Crippen LogP contribution in [0.2, 0.25) is 0 Å². The highest BCUT2D eigenvalue weighted by Crippen LogP contribution is 2.27. The lowest BCUT2D eigenvalue weighted by atomic mass is 10.2. The van der Waals surface area contributed by atoms with Gasteiger partial charge in [0.25, 0.3) is 0 Å². The standard InChI is InChI=1S/C15H13BrFN3/c1-20-14-5-2-9(8-18)6-13(14)19-15(20)10-3-4-11(16)12(17)7-10/h2-7H,8,18H2,1H3. The van der Waals surface area contributed by atoms with Gasteiger partial charge in [0.05, 0.1) is 15.5 Å². The van der Waals surface area contributed by atoms with Crippen LogP contribution in [-0.4, -0.2) is 9.55 Å². The summed E-state index contributed by atoms with van der Waals surface area (Å²) in [5.74, 6) is 0.442. The van der Waals surface area contributed by atoms with Gasteiger partial charge < -0.3 is 10.3 Å². The second-order valence-corrected chi connectivity index (χ2v) is 5.50. The molecule has 0 aliphatic heterocycles. The molecule has 0 radical (unpaired) electrons. The first-order valence-corrected chi connectivity index (χ1v) is 7.00. The summed E-state index contributed by atoms with van der Waals surface area (Å²) in [5.41, 5.74) is 9.29. The molecule has 0 aliphatic carbocycles. The molecule has 2 aromatic carbocycles. The van der Waals surface area contributed by atoms with Crippen molar-refractivity contribution in [3.8, 4) is 11.4 Å². The Bertz CT molecular complexity index is 795. The second-order valence-electron chi connectivity index (χ2n) is 4.65. The number of rotatable bonds is 2. The molecule has 2 N–H and O–H groups in total. The van der Waals surface area contributed by atoms with Crippen LogP contribution < -0.4 is 5.73 Å². The quantitative estimate of drug-likeness (QED) is 0.778. The number of benzene rings is 2. The van der Waals surface area contributed by atoms with Crippen LogP contribution in [0.3, 0.4) is 0 Å². The van der Waals surface area contributed by atoms with Crippen molar-refractivity contribution in [3.05, 3.63) is 52.3 Å². The molecular weight excluding hydrogens is 321 g/mol. The number of hydrogen-bond acceptors (Lipinski definition) is 2. The molecule has 0 unspecified atom stereocenters. The Morgan fingerprint density at radius 1 is 1.25 bits per heavy atom. The molecular formula is C15H13BrFN3. The van der Waals surface area contributed by atoms with E-state index >= 15 is 0 Å². The molecule has 0 atom stereocenters. The number of halogens is 2. The highest BCUT2D eigenvalue weighted by atomic mass is 79.9. The number of hydrogen-bond donors (Lipinski definition) is 1. The van der Waals surface area contributed by atoms with Crippen molar-refractivity contribution in [1.29, 1.82) is 0 Å². The zero-order valence-electron chi connectivity index (χ0n) is 10.9. The zero-order valence-corrected chi connectivity index (χ0v) is 12.5. The maximum atomic E-state index is 13.7. The molecule has 3 aromatic rings. The predicted octanol–water partition coefficient (Wildman–Crippen LogP) is 3.60. The zero-order chi connectivity index (χ0) is 14.3. The normalized spacial score (nSPS) is 11.2. The third-order valence-corrected chi connectivity index (χ3v) is 4.00. The third kappa shape index (κ3) is 2.13. The van der Waals surface area contributed by atoms with E-state index in [4.69, 9.17) is 5.73 Å². The molecule has 5 heteroatoms. The second kappa shape index (κ2) is 5.00. The molecule has 0 saturated heterocycles. The van der Waals surface area contributed by atoms with Crippen molar-refractivity contribution < 1.29 is 4.39 Å². The van der Waals surface area contributed by atoms with Gasteiger partial charge in [-0.15, -0.1) is 0 Å². The molecule has 102 valence electrons. The predicted molar refractivity (Wildman–Crippen MR) is 81.7 cm³/mol. The Balaban J connectivity index is 2.20. The van der Waals surface area contributed by atoms with Gasteiger partial charge >= 0.3 is 0 Å². The summed E-state index contributed by atoms with van der Waals surface area (Å²) in [5, 5.41) is 0. The largest absolute Gasteiger partial charge is 0.327 e. The van der Waals surface area contributed by atoms with Crippen molar-refractivity contribution in [1.82, 2.24) is 9.55 Å². The highest BCUT2D eigenvalue weighted by Gasteiger charge is 2.11. The topological polar surface area (TPSA) is 43.8 Å². The molecule has 3 nitrogen and oxygen atoms in total. The van der Waals surface area contributed by atoms with Crippen molar-refractivity contribution >= 4 is 27.0 Å². The van der Waals surface area contributed by atoms with E-state index in [1.807, 2.05) is 35.9 Å². The van der Waals surface area contributed by atoms with Crippen LogP contribution in [0.4, 0.5) is 4.39 Å². The molecule has 1 heterocycles. The summed E-state index contributed by atoms with van der Waals surface area (Å²) in [7, 11) is 1.92. The molecule has 0 bridgehead atoms. The van der Waals surface area contributed by atoms with Gasteiger partial charge in [-0.1, -0.05) is 6.07 Å². The smallest absolute Gasteiger partial charge is 0.140 e. The fraction of sp³-hybridized carbons (Fsp3) is 0.133. The average Bonchev–Trinajstić information content (AvgIpc) is 2.78. The summed E-state index contributed by atoms with van der Waals surface area (Å²) in [6.07, 6.45) is 0. The first kappa shape index (κ1) is 13.3. The van der Waals surface area contributed by atoms with E-state index in [1.54, 1.807) is 6.07 Å². The molecule has 1 aromatic heterocycles.